The second-order valence-corrected chi connectivity index (χ2v) is 7.29. The van der Waals surface area contributed by atoms with E-state index in [2.05, 4.69) is 9.84 Å². The zero-order chi connectivity index (χ0) is 22.7. The second-order valence-electron chi connectivity index (χ2n) is 6.55. The van der Waals surface area contributed by atoms with Gasteiger partial charge in [-0.15, -0.1) is 0 Å². The standard InChI is InChI=1S/C22H16FN3O5S/c1-30-21(28)18-13-32-12-17(18)19(27)11-31-22(29)16-10-24-26(15-6-4-14(23)5-7-15)20(16)25-8-2-3-9-25/h2-10,12-13H,11H2,1H3. The summed E-state index contributed by atoms with van der Waals surface area (Å²) in [6.45, 7) is -0.563. The molecule has 0 aliphatic carbocycles. The first kappa shape index (κ1) is 21.2. The fourth-order valence-corrected chi connectivity index (χ4v) is 3.87. The summed E-state index contributed by atoms with van der Waals surface area (Å²) >= 11 is 1.17. The van der Waals surface area contributed by atoms with Crippen LogP contribution in [0.4, 0.5) is 4.39 Å². The molecule has 8 nitrogen and oxygen atoms in total. The molecule has 4 aromatic rings. The number of methoxy groups -OCH3 is 1. The number of hydrogen-bond donors (Lipinski definition) is 0. The van der Waals surface area contributed by atoms with E-state index in [0.29, 0.717) is 11.5 Å². The van der Waals surface area contributed by atoms with Crippen LogP contribution in [0.5, 0.6) is 0 Å². The summed E-state index contributed by atoms with van der Waals surface area (Å²) in [6, 6.07) is 9.16. The number of benzene rings is 1. The van der Waals surface area contributed by atoms with E-state index >= 15 is 0 Å². The molecular formula is C22H16FN3O5S. The Bertz CT molecular complexity index is 1280. The van der Waals surface area contributed by atoms with E-state index in [9.17, 15) is 18.8 Å². The number of hydrogen-bond acceptors (Lipinski definition) is 7. The predicted octanol–water partition coefficient (Wildman–Crippen LogP) is 3.69. The molecule has 0 radical (unpaired) electrons. The van der Waals surface area contributed by atoms with Crippen molar-refractivity contribution in [1.29, 1.82) is 0 Å². The van der Waals surface area contributed by atoms with Gasteiger partial charge in [-0.2, -0.15) is 16.4 Å². The molecule has 3 heterocycles. The Hall–Kier alpha value is -4.05. The fraction of sp³-hybridized carbons (Fsp3) is 0.0909. The third kappa shape index (κ3) is 4.08. The second kappa shape index (κ2) is 8.98. The maximum atomic E-state index is 13.3. The predicted molar refractivity (Wildman–Crippen MR) is 113 cm³/mol. The van der Waals surface area contributed by atoms with Crippen molar-refractivity contribution < 1.29 is 28.2 Å². The molecule has 0 unspecified atom stereocenters. The molecule has 0 saturated heterocycles. The summed E-state index contributed by atoms with van der Waals surface area (Å²) in [5, 5.41) is 7.24. The van der Waals surface area contributed by atoms with Crippen LogP contribution in [0.1, 0.15) is 31.1 Å². The van der Waals surface area contributed by atoms with Crippen LogP contribution >= 0.6 is 11.3 Å². The average molecular weight is 453 g/mol. The number of nitrogens with zero attached hydrogens (tertiary/aromatic N) is 3. The van der Waals surface area contributed by atoms with Crippen LogP contribution in [-0.2, 0) is 9.47 Å². The first-order valence-electron chi connectivity index (χ1n) is 9.31. The van der Waals surface area contributed by atoms with E-state index in [4.69, 9.17) is 4.74 Å². The summed E-state index contributed by atoms with van der Waals surface area (Å²) in [6.07, 6.45) is 4.75. The number of ether oxygens (including phenoxy) is 2. The molecule has 0 spiro atoms. The number of Topliss-reactive ketones (excluding diaryl/α,β-unsaturated/α-hetero) is 1. The number of carbonyl (C=O) groups is 3. The van der Waals surface area contributed by atoms with Crippen molar-refractivity contribution in [3.8, 4) is 11.5 Å². The lowest BCUT2D eigenvalue weighted by Crippen LogP contribution is -2.17. The Labute approximate surface area is 185 Å². The highest BCUT2D eigenvalue weighted by atomic mass is 32.1. The van der Waals surface area contributed by atoms with Gasteiger partial charge in [0.1, 0.15) is 11.4 Å². The third-order valence-electron chi connectivity index (χ3n) is 4.59. The minimum atomic E-state index is -0.773. The minimum Gasteiger partial charge on any atom is -0.465 e. The van der Waals surface area contributed by atoms with Crippen LogP contribution < -0.4 is 0 Å². The maximum Gasteiger partial charge on any atom is 0.344 e. The fourth-order valence-electron chi connectivity index (χ4n) is 3.05. The molecular weight excluding hydrogens is 437 g/mol. The number of carbonyl (C=O) groups excluding carboxylic acids is 3. The highest BCUT2D eigenvalue weighted by Gasteiger charge is 2.24. The molecule has 10 heteroatoms. The van der Waals surface area contributed by atoms with Crippen LogP contribution in [0.2, 0.25) is 0 Å². The van der Waals surface area contributed by atoms with Gasteiger partial charge in [-0.25, -0.2) is 18.7 Å². The Kier molecular flexibility index (Phi) is 5.95. The van der Waals surface area contributed by atoms with E-state index in [1.165, 1.54) is 64.4 Å². The number of aromatic nitrogens is 3. The van der Waals surface area contributed by atoms with Crippen LogP contribution in [0.3, 0.4) is 0 Å². The van der Waals surface area contributed by atoms with Crippen LogP contribution in [0.15, 0.2) is 65.7 Å². The molecule has 3 aromatic heterocycles. The Morgan fingerprint density at radius 2 is 1.69 bits per heavy atom. The number of rotatable bonds is 7. The van der Waals surface area contributed by atoms with Gasteiger partial charge >= 0.3 is 11.9 Å². The molecule has 0 fully saturated rings. The molecule has 4 rings (SSSR count). The van der Waals surface area contributed by atoms with Crippen LogP contribution in [0, 0.1) is 5.82 Å². The summed E-state index contributed by atoms with van der Waals surface area (Å²) < 4.78 is 26.3. The van der Waals surface area contributed by atoms with Crippen molar-refractivity contribution in [3.05, 3.63) is 88.3 Å². The number of halogens is 1. The van der Waals surface area contributed by atoms with Crippen molar-refractivity contribution in [1.82, 2.24) is 14.3 Å². The minimum absolute atomic E-state index is 0.108. The third-order valence-corrected chi connectivity index (χ3v) is 5.33. The van der Waals surface area contributed by atoms with Gasteiger partial charge in [-0.05, 0) is 36.4 Å². The number of esters is 2. The lowest BCUT2D eigenvalue weighted by atomic mass is 10.1. The molecule has 0 aliphatic rings. The molecule has 0 N–H and O–H groups in total. The SMILES string of the molecule is COC(=O)c1cscc1C(=O)COC(=O)c1cnn(-c2ccc(F)cc2)c1-n1cccc1. The topological polar surface area (TPSA) is 92.4 Å². The van der Waals surface area contributed by atoms with Gasteiger partial charge in [0.15, 0.2) is 12.4 Å². The molecule has 32 heavy (non-hydrogen) atoms. The first-order valence-corrected chi connectivity index (χ1v) is 10.3. The van der Waals surface area contributed by atoms with Crippen LogP contribution in [0.25, 0.3) is 11.5 Å². The van der Waals surface area contributed by atoms with Crippen molar-refractivity contribution in [3.63, 3.8) is 0 Å². The summed E-state index contributed by atoms with van der Waals surface area (Å²) in [5.74, 6) is -1.98. The van der Waals surface area contributed by atoms with Crippen molar-refractivity contribution in [2.45, 2.75) is 0 Å². The van der Waals surface area contributed by atoms with E-state index < -0.39 is 30.1 Å². The van der Waals surface area contributed by atoms with Gasteiger partial charge in [-0.1, -0.05) is 0 Å². The van der Waals surface area contributed by atoms with E-state index in [-0.39, 0.29) is 16.7 Å². The smallest absolute Gasteiger partial charge is 0.344 e. The van der Waals surface area contributed by atoms with Crippen LogP contribution in [-0.4, -0.2) is 45.8 Å². The molecule has 0 atom stereocenters. The number of thiophene rings is 1. The Morgan fingerprint density at radius 1 is 1.00 bits per heavy atom. The number of ketones is 1. The van der Waals surface area contributed by atoms with Gasteiger partial charge in [0.2, 0.25) is 5.78 Å². The molecule has 0 aliphatic heterocycles. The van der Waals surface area contributed by atoms with Crippen molar-refractivity contribution >= 4 is 29.1 Å². The van der Waals surface area contributed by atoms with E-state index in [0.717, 1.165) is 0 Å². The Morgan fingerprint density at radius 3 is 2.38 bits per heavy atom. The van der Waals surface area contributed by atoms with Gasteiger partial charge in [0, 0.05) is 28.7 Å². The lowest BCUT2D eigenvalue weighted by Gasteiger charge is -2.11. The Balaban J connectivity index is 1.59. The van der Waals surface area contributed by atoms with Gasteiger partial charge < -0.3 is 14.0 Å². The monoisotopic (exact) mass is 453 g/mol. The highest BCUT2D eigenvalue weighted by molar-refractivity contribution is 7.08. The first-order chi connectivity index (χ1) is 15.5. The normalized spacial score (nSPS) is 10.7. The van der Waals surface area contributed by atoms with Crippen molar-refractivity contribution in [2.24, 2.45) is 0 Å². The lowest BCUT2D eigenvalue weighted by molar-refractivity contribution is 0.0474. The van der Waals surface area contributed by atoms with Gasteiger partial charge in [0.05, 0.1) is 24.6 Å². The molecule has 162 valence electrons. The van der Waals surface area contributed by atoms with E-state index in [1.54, 1.807) is 29.1 Å². The molecule has 0 bridgehead atoms. The van der Waals surface area contributed by atoms with E-state index in [1.807, 2.05) is 0 Å². The zero-order valence-electron chi connectivity index (χ0n) is 16.7. The zero-order valence-corrected chi connectivity index (χ0v) is 17.5. The highest BCUT2D eigenvalue weighted by Crippen LogP contribution is 2.22. The van der Waals surface area contributed by atoms with Gasteiger partial charge in [0.25, 0.3) is 0 Å². The maximum absolute atomic E-state index is 13.3. The van der Waals surface area contributed by atoms with Gasteiger partial charge in [-0.3, -0.25) is 4.79 Å². The largest absolute Gasteiger partial charge is 0.465 e. The molecule has 0 saturated carbocycles. The molecule has 1 aromatic carbocycles. The van der Waals surface area contributed by atoms with Crippen molar-refractivity contribution in [2.75, 3.05) is 13.7 Å². The summed E-state index contributed by atoms with van der Waals surface area (Å²) in [7, 11) is 1.22. The molecule has 0 amide bonds. The summed E-state index contributed by atoms with van der Waals surface area (Å²) in [4.78, 5) is 37.1. The quantitative estimate of drug-likeness (QED) is 0.313. The average Bonchev–Trinajstić information content (AvgIpc) is 3.56. The summed E-state index contributed by atoms with van der Waals surface area (Å²) in [5.41, 5.74) is 0.890.